The minimum absolute atomic E-state index is 0.0545. The van der Waals surface area contributed by atoms with E-state index in [1.165, 1.54) is 13.0 Å². The number of hydrogen-bond acceptors (Lipinski definition) is 10. The van der Waals surface area contributed by atoms with Crippen molar-refractivity contribution in [3.63, 3.8) is 0 Å². The molecule has 0 saturated carbocycles. The third-order valence-corrected chi connectivity index (χ3v) is 7.03. The highest BCUT2D eigenvalue weighted by Gasteiger charge is 2.65. The zero-order valence-corrected chi connectivity index (χ0v) is 20.4. The van der Waals surface area contributed by atoms with Crippen LogP contribution >= 0.6 is 11.6 Å². The van der Waals surface area contributed by atoms with E-state index in [4.69, 9.17) is 35.3 Å². The number of aliphatic hydroxyl groups is 1. The van der Waals surface area contributed by atoms with Crippen molar-refractivity contribution in [1.29, 1.82) is 0 Å². The number of halogens is 1. The van der Waals surface area contributed by atoms with E-state index < -0.39 is 70.8 Å². The second-order valence-corrected chi connectivity index (χ2v) is 9.78. The molecule has 2 heterocycles. The Kier molecular flexibility index (Phi) is 7.17. The molecule has 0 aromatic rings. The van der Waals surface area contributed by atoms with Crippen LogP contribution in [0.4, 0.5) is 0 Å². The molecule has 11 heteroatoms. The van der Waals surface area contributed by atoms with Crippen molar-refractivity contribution < 1.29 is 48.0 Å². The number of ether oxygens (including phenoxy) is 5. The van der Waals surface area contributed by atoms with Crippen molar-refractivity contribution in [2.45, 2.75) is 81.5 Å². The number of esters is 4. The Morgan fingerprint density at radius 1 is 1.35 bits per heavy atom. The number of alkyl halides is 1. The Balaban J connectivity index is 2.18. The largest absolute Gasteiger partial charge is 0.466 e. The summed E-state index contributed by atoms with van der Waals surface area (Å²) in [5.74, 6) is -4.55. The number of epoxide rings is 1. The van der Waals surface area contributed by atoms with Gasteiger partial charge in [-0.2, -0.15) is 0 Å². The molecule has 0 spiro atoms. The predicted octanol–water partition coefficient (Wildman–Crippen LogP) is 1.36. The van der Waals surface area contributed by atoms with Crippen LogP contribution in [0.2, 0.25) is 0 Å². The summed E-state index contributed by atoms with van der Waals surface area (Å²) in [5, 5.41) is 9.54. The van der Waals surface area contributed by atoms with E-state index in [2.05, 4.69) is 6.58 Å². The van der Waals surface area contributed by atoms with Crippen LogP contribution in [0.15, 0.2) is 23.8 Å². The summed E-state index contributed by atoms with van der Waals surface area (Å²) in [6.07, 6.45) is -2.12. The minimum atomic E-state index is -2.14. The Morgan fingerprint density at radius 2 is 2.00 bits per heavy atom. The molecule has 1 N–H and O–H groups in total. The number of carbonyl (C=O) groups excluding carboxylic acids is 4. The first kappa shape index (κ1) is 26.2. The summed E-state index contributed by atoms with van der Waals surface area (Å²) in [5.41, 5.74) is -2.95. The SMILES string of the molecule is C=C1C(=O)O[C@H]2[C@H]1[C@@H](OC(=O)[C@](C)(O)[C@H](C)Cl)[C@@H](OC(C)=O)/C(C(=O)OC)=C\CC[C@@]1(C)O[C@H]21. The van der Waals surface area contributed by atoms with Crippen LogP contribution in [0.5, 0.6) is 0 Å². The van der Waals surface area contributed by atoms with E-state index in [0.29, 0.717) is 12.8 Å². The van der Waals surface area contributed by atoms with Gasteiger partial charge in [0.1, 0.15) is 12.2 Å². The summed E-state index contributed by atoms with van der Waals surface area (Å²) in [4.78, 5) is 50.3. The molecule has 0 aromatic heterocycles. The van der Waals surface area contributed by atoms with Crippen LogP contribution in [0.25, 0.3) is 0 Å². The normalized spacial score (nSPS) is 36.9. The Labute approximate surface area is 202 Å². The maximum absolute atomic E-state index is 13.0. The van der Waals surface area contributed by atoms with Gasteiger partial charge in [-0.1, -0.05) is 12.7 Å². The highest BCUT2D eigenvalue weighted by Crippen LogP contribution is 2.50. The molecule has 8 atom stereocenters. The Morgan fingerprint density at radius 3 is 2.56 bits per heavy atom. The molecule has 2 saturated heterocycles. The Bertz CT molecular complexity index is 938. The third kappa shape index (κ3) is 4.71. The van der Waals surface area contributed by atoms with Crippen molar-refractivity contribution in [2.24, 2.45) is 5.92 Å². The average Bonchev–Trinajstić information content (AvgIpc) is 3.34. The van der Waals surface area contributed by atoms with Gasteiger partial charge < -0.3 is 28.8 Å². The van der Waals surface area contributed by atoms with Gasteiger partial charge in [0.15, 0.2) is 17.8 Å². The van der Waals surface area contributed by atoms with Crippen molar-refractivity contribution >= 4 is 35.5 Å². The molecule has 0 bridgehead atoms. The van der Waals surface area contributed by atoms with Crippen LogP contribution in [0, 0.1) is 5.92 Å². The summed E-state index contributed by atoms with van der Waals surface area (Å²) in [7, 11) is 1.15. The summed E-state index contributed by atoms with van der Waals surface area (Å²) < 4.78 is 27.4. The van der Waals surface area contributed by atoms with E-state index in [-0.39, 0.29) is 11.1 Å². The number of hydrogen-bond donors (Lipinski definition) is 1. The van der Waals surface area contributed by atoms with Gasteiger partial charge in [0, 0.05) is 12.5 Å². The lowest BCUT2D eigenvalue weighted by molar-refractivity contribution is -0.184. The zero-order chi connectivity index (χ0) is 25.6. The number of rotatable bonds is 5. The summed E-state index contributed by atoms with van der Waals surface area (Å²) in [6, 6.07) is 0. The van der Waals surface area contributed by atoms with Gasteiger partial charge in [0.25, 0.3) is 0 Å². The monoisotopic (exact) mass is 500 g/mol. The fraction of sp³-hybridized carbons (Fsp3) is 0.652. The molecule has 34 heavy (non-hydrogen) atoms. The molecule has 0 aromatic carbocycles. The van der Waals surface area contributed by atoms with Gasteiger partial charge in [-0.3, -0.25) is 4.79 Å². The molecule has 2 fully saturated rings. The second-order valence-electron chi connectivity index (χ2n) is 9.13. The standard InChI is InChI=1S/C23H29ClO10/c1-10-14-16(33-21(28)23(5,29)11(2)24)15(31-12(3)25)13(20(27)30-6)8-7-9-22(4)18(34-22)17(14)32-19(10)26/h8,11,14-18,29H,1,7,9H2,2-6H3/b13-8+/t11-,14+,15-,16+,17-,18+,22+,23+/m0/s1. The van der Waals surface area contributed by atoms with E-state index >= 15 is 0 Å². The van der Waals surface area contributed by atoms with Gasteiger partial charge in [0.05, 0.1) is 29.6 Å². The van der Waals surface area contributed by atoms with E-state index in [1.54, 1.807) is 0 Å². The van der Waals surface area contributed by atoms with Gasteiger partial charge in [-0.05, 0) is 33.6 Å². The van der Waals surface area contributed by atoms with E-state index in [0.717, 1.165) is 21.0 Å². The first-order valence-electron chi connectivity index (χ1n) is 10.8. The highest BCUT2D eigenvalue weighted by molar-refractivity contribution is 6.22. The van der Waals surface area contributed by atoms with Crippen molar-refractivity contribution in [2.75, 3.05) is 7.11 Å². The highest BCUT2D eigenvalue weighted by atomic mass is 35.5. The smallest absolute Gasteiger partial charge is 0.339 e. The molecule has 3 rings (SSSR count). The van der Waals surface area contributed by atoms with Crippen LogP contribution < -0.4 is 0 Å². The molecule has 188 valence electrons. The molecule has 1 aliphatic carbocycles. The van der Waals surface area contributed by atoms with Crippen molar-refractivity contribution in [3.8, 4) is 0 Å². The first-order valence-corrected chi connectivity index (χ1v) is 11.3. The number of methoxy groups -OCH3 is 1. The number of allylic oxidation sites excluding steroid dienone is 1. The average molecular weight is 501 g/mol. The fourth-order valence-electron chi connectivity index (χ4n) is 4.28. The lowest BCUT2D eigenvalue weighted by Gasteiger charge is -2.35. The maximum atomic E-state index is 13.0. The molecule has 0 unspecified atom stereocenters. The Hall–Kier alpha value is -2.43. The molecule has 3 aliphatic rings. The quantitative estimate of drug-likeness (QED) is 0.193. The van der Waals surface area contributed by atoms with Crippen LogP contribution in [-0.4, -0.2) is 77.1 Å². The third-order valence-electron chi connectivity index (χ3n) is 6.61. The molecule has 0 radical (unpaired) electrons. The van der Waals surface area contributed by atoms with E-state index in [9.17, 15) is 24.3 Å². The van der Waals surface area contributed by atoms with E-state index in [1.807, 2.05) is 6.92 Å². The van der Waals surface area contributed by atoms with Gasteiger partial charge in [0.2, 0.25) is 0 Å². The van der Waals surface area contributed by atoms with Gasteiger partial charge >= 0.3 is 23.9 Å². The van der Waals surface area contributed by atoms with Crippen LogP contribution in [0.3, 0.4) is 0 Å². The fourth-order valence-corrected chi connectivity index (χ4v) is 4.37. The predicted molar refractivity (Wildman–Crippen MR) is 116 cm³/mol. The molecule has 10 nitrogen and oxygen atoms in total. The minimum Gasteiger partial charge on any atom is -0.466 e. The number of fused-ring (bicyclic) bond motifs is 3. The topological polar surface area (TPSA) is 138 Å². The molecular weight excluding hydrogens is 472 g/mol. The second kappa shape index (κ2) is 9.31. The molecular formula is C23H29ClO10. The van der Waals surface area contributed by atoms with Crippen molar-refractivity contribution in [3.05, 3.63) is 23.8 Å². The lowest BCUT2D eigenvalue weighted by Crippen LogP contribution is -2.52. The van der Waals surface area contributed by atoms with Crippen LogP contribution in [0.1, 0.15) is 40.5 Å². The van der Waals surface area contributed by atoms with Gasteiger partial charge in [-0.15, -0.1) is 11.6 Å². The molecule has 0 amide bonds. The maximum Gasteiger partial charge on any atom is 0.339 e. The first-order chi connectivity index (χ1) is 15.7. The molecule has 2 aliphatic heterocycles. The lowest BCUT2D eigenvalue weighted by atomic mass is 9.80. The zero-order valence-electron chi connectivity index (χ0n) is 19.7. The van der Waals surface area contributed by atoms with Crippen molar-refractivity contribution in [1.82, 2.24) is 0 Å². The number of carbonyl (C=O) groups is 4. The van der Waals surface area contributed by atoms with Crippen LogP contribution in [-0.2, 0) is 42.9 Å². The summed E-state index contributed by atoms with van der Waals surface area (Å²) in [6.45, 7) is 9.30. The van der Waals surface area contributed by atoms with Gasteiger partial charge in [-0.25, -0.2) is 14.4 Å². The summed E-state index contributed by atoms with van der Waals surface area (Å²) >= 11 is 5.98.